The average Bonchev–Trinajstić information content (AvgIpc) is 2.87. The summed E-state index contributed by atoms with van der Waals surface area (Å²) < 4.78 is 5.09. The molecule has 2 rings (SSSR count). The number of hydrogen-bond acceptors (Lipinski definition) is 3. The molecule has 1 atom stereocenters. The third-order valence-corrected chi connectivity index (χ3v) is 3.40. The summed E-state index contributed by atoms with van der Waals surface area (Å²) in [5, 5.41) is 3.17. The lowest BCUT2D eigenvalue weighted by Gasteiger charge is -2.16. The lowest BCUT2D eigenvalue weighted by Crippen LogP contribution is -2.30. The summed E-state index contributed by atoms with van der Waals surface area (Å²) in [5.74, 6) is 1.48. The summed E-state index contributed by atoms with van der Waals surface area (Å²) in [6, 6.07) is 7.31. The first-order valence-corrected chi connectivity index (χ1v) is 6.32. The molecule has 4 heteroatoms. The highest BCUT2D eigenvalue weighted by atomic mass is 16.5. The van der Waals surface area contributed by atoms with Crippen molar-refractivity contribution >= 4 is 5.91 Å². The van der Waals surface area contributed by atoms with Gasteiger partial charge in [0, 0.05) is 18.7 Å². The van der Waals surface area contributed by atoms with E-state index in [-0.39, 0.29) is 5.91 Å². The third kappa shape index (κ3) is 2.82. The zero-order chi connectivity index (χ0) is 13.0. The van der Waals surface area contributed by atoms with Crippen LogP contribution in [0.1, 0.15) is 16.8 Å². The fraction of sp³-hybridized carbons (Fsp3) is 0.500. The molecule has 4 nitrogen and oxygen atoms in total. The molecule has 1 amide bonds. The van der Waals surface area contributed by atoms with Crippen LogP contribution < -0.4 is 10.1 Å². The van der Waals surface area contributed by atoms with E-state index in [2.05, 4.69) is 5.32 Å². The third-order valence-electron chi connectivity index (χ3n) is 3.40. The average molecular weight is 248 g/mol. The lowest BCUT2D eigenvalue weighted by molar-refractivity contribution is 0.0787. The monoisotopic (exact) mass is 248 g/mol. The summed E-state index contributed by atoms with van der Waals surface area (Å²) in [7, 11) is 3.58. The Kier molecular flexibility index (Phi) is 4.20. The molecule has 1 saturated heterocycles. The minimum absolute atomic E-state index is 0.122. The topological polar surface area (TPSA) is 41.6 Å². The molecule has 0 aromatic heterocycles. The molecule has 1 aliphatic rings. The predicted octanol–water partition coefficient (Wildman–Crippen LogP) is 1.38. The highest BCUT2D eigenvalue weighted by Crippen LogP contribution is 2.19. The van der Waals surface area contributed by atoms with Crippen LogP contribution >= 0.6 is 0 Å². The lowest BCUT2D eigenvalue weighted by atomic mass is 10.1. The SMILES string of the molecule is CNC[C@H]1CCN(C(=O)c2ccc(OC)cc2)C1. The van der Waals surface area contributed by atoms with Crippen molar-refractivity contribution in [2.24, 2.45) is 5.92 Å². The van der Waals surface area contributed by atoms with E-state index in [1.165, 1.54) is 0 Å². The number of nitrogens with zero attached hydrogens (tertiary/aromatic N) is 1. The van der Waals surface area contributed by atoms with Crippen molar-refractivity contribution in [1.82, 2.24) is 10.2 Å². The number of carbonyl (C=O) groups is 1. The Labute approximate surface area is 108 Å². The highest BCUT2D eigenvalue weighted by molar-refractivity contribution is 5.94. The van der Waals surface area contributed by atoms with Crippen LogP contribution in [0, 0.1) is 5.92 Å². The normalized spacial score (nSPS) is 19.0. The van der Waals surface area contributed by atoms with E-state index in [1.807, 2.05) is 36.2 Å². The Hall–Kier alpha value is -1.55. The van der Waals surface area contributed by atoms with Gasteiger partial charge in [-0.05, 0) is 50.2 Å². The molecule has 1 heterocycles. The molecule has 0 radical (unpaired) electrons. The largest absolute Gasteiger partial charge is 0.497 e. The molecule has 18 heavy (non-hydrogen) atoms. The van der Waals surface area contributed by atoms with Crippen LogP contribution in [0.3, 0.4) is 0 Å². The number of carbonyl (C=O) groups excluding carboxylic acids is 1. The number of rotatable bonds is 4. The van der Waals surface area contributed by atoms with E-state index >= 15 is 0 Å². The number of nitrogens with one attached hydrogen (secondary N) is 1. The molecule has 1 aliphatic heterocycles. The maximum Gasteiger partial charge on any atom is 0.253 e. The zero-order valence-electron chi connectivity index (χ0n) is 11.0. The summed E-state index contributed by atoms with van der Waals surface area (Å²) in [5.41, 5.74) is 0.737. The number of likely N-dealkylation sites (tertiary alicyclic amines) is 1. The van der Waals surface area contributed by atoms with E-state index in [9.17, 15) is 4.79 Å². The van der Waals surface area contributed by atoms with Gasteiger partial charge in [0.25, 0.3) is 5.91 Å². The number of benzene rings is 1. The van der Waals surface area contributed by atoms with Crippen molar-refractivity contribution in [2.75, 3.05) is 33.8 Å². The minimum Gasteiger partial charge on any atom is -0.497 e. The fourth-order valence-electron chi connectivity index (χ4n) is 2.39. The Morgan fingerprint density at radius 1 is 1.44 bits per heavy atom. The Balaban J connectivity index is 1.98. The first-order valence-electron chi connectivity index (χ1n) is 6.32. The number of hydrogen-bond donors (Lipinski definition) is 1. The molecule has 98 valence electrons. The van der Waals surface area contributed by atoms with Crippen LogP contribution in [0.25, 0.3) is 0 Å². The first kappa shape index (κ1) is 12.9. The van der Waals surface area contributed by atoms with Gasteiger partial charge >= 0.3 is 0 Å². The van der Waals surface area contributed by atoms with E-state index in [0.717, 1.165) is 37.4 Å². The van der Waals surface area contributed by atoms with Gasteiger partial charge in [-0.2, -0.15) is 0 Å². The van der Waals surface area contributed by atoms with Crippen LogP contribution in [0.15, 0.2) is 24.3 Å². The number of ether oxygens (including phenoxy) is 1. The van der Waals surface area contributed by atoms with Gasteiger partial charge in [0.15, 0.2) is 0 Å². The van der Waals surface area contributed by atoms with Crippen molar-refractivity contribution in [2.45, 2.75) is 6.42 Å². The maximum atomic E-state index is 12.3. The molecule has 0 spiro atoms. The summed E-state index contributed by atoms with van der Waals surface area (Å²) >= 11 is 0. The fourth-order valence-corrected chi connectivity index (χ4v) is 2.39. The molecule has 0 aliphatic carbocycles. The molecule has 1 aromatic carbocycles. The van der Waals surface area contributed by atoms with Crippen LogP contribution in [0.5, 0.6) is 5.75 Å². The second kappa shape index (κ2) is 5.87. The van der Waals surface area contributed by atoms with E-state index in [1.54, 1.807) is 7.11 Å². The smallest absolute Gasteiger partial charge is 0.253 e. The molecular weight excluding hydrogens is 228 g/mol. The summed E-state index contributed by atoms with van der Waals surface area (Å²) in [6.45, 7) is 2.69. The van der Waals surface area contributed by atoms with E-state index in [0.29, 0.717) is 5.92 Å². The second-order valence-corrected chi connectivity index (χ2v) is 4.69. The summed E-state index contributed by atoms with van der Waals surface area (Å²) in [6.07, 6.45) is 1.09. The predicted molar refractivity (Wildman–Crippen MR) is 70.9 cm³/mol. The molecule has 0 saturated carbocycles. The second-order valence-electron chi connectivity index (χ2n) is 4.69. The Bertz CT molecular complexity index is 403. The van der Waals surface area contributed by atoms with Gasteiger partial charge in [-0.1, -0.05) is 0 Å². The Morgan fingerprint density at radius 2 is 2.17 bits per heavy atom. The maximum absolute atomic E-state index is 12.3. The van der Waals surface area contributed by atoms with Crippen LogP contribution in [-0.4, -0.2) is 44.6 Å². The van der Waals surface area contributed by atoms with Crippen molar-refractivity contribution in [3.05, 3.63) is 29.8 Å². The first-order chi connectivity index (χ1) is 8.74. The summed E-state index contributed by atoms with van der Waals surface area (Å²) in [4.78, 5) is 14.2. The molecule has 1 fully saturated rings. The van der Waals surface area contributed by atoms with Gasteiger partial charge in [0.05, 0.1) is 7.11 Å². The van der Waals surface area contributed by atoms with Crippen LogP contribution in [0.4, 0.5) is 0 Å². The van der Waals surface area contributed by atoms with Gasteiger partial charge in [-0.15, -0.1) is 0 Å². The van der Waals surface area contributed by atoms with Gasteiger partial charge < -0.3 is 15.0 Å². The standard InChI is InChI=1S/C14H20N2O2/c1-15-9-11-7-8-16(10-11)14(17)12-3-5-13(18-2)6-4-12/h3-6,11,15H,7-10H2,1-2H3/t11-/m1/s1. The van der Waals surface area contributed by atoms with Gasteiger partial charge in [0.1, 0.15) is 5.75 Å². The zero-order valence-corrected chi connectivity index (χ0v) is 11.0. The molecule has 1 N–H and O–H groups in total. The van der Waals surface area contributed by atoms with Crippen molar-refractivity contribution < 1.29 is 9.53 Å². The molecule has 0 bridgehead atoms. The van der Waals surface area contributed by atoms with E-state index < -0.39 is 0 Å². The van der Waals surface area contributed by atoms with Gasteiger partial charge in [-0.3, -0.25) is 4.79 Å². The molecule has 1 aromatic rings. The minimum atomic E-state index is 0.122. The Morgan fingerprint density at radius 3 is 2.78 bits per heavy atom. The quantitative estimate of drug-likeness (QED) is 0.875. The van der Waals surface area contributed by atoms with Crippen molar-refractivity contribution in [1.29, 1.82) is 0 Å². The highest BCUT2D eigenvalue weighted by Gasteiger charge is 2.26. The number of methoxy groups -OCH3 is 1. The van der Waals surface area contributed by atoms with Crippen molar-refractivity contribution in [3.63, 3.8) is 0 Å². The van der Waals surface area contributed by atoms with E-state index in [4.69, 9.17) is 4.74 Å². The van der Waals surface area contributed by atoms with Crippen molar-refractivity contribution in [3.8, 4) is 5.75 Å². The van der Waals surface area contributed by atoms with Crippen LogP contribution in [-0.2, 0) is 0 Å². The molecule has 0 unspecified atom stereocenters. The van der Waals surface area contributed by atoms with Crippen LogP contribution in [0.2, 0.25) is 0 Å². The molecular formula is C14H20N2O2. The van der Waals surface area contributed by atoms with Gasteiger partial charge in [-0.25, -0.2) is 0 Å². The number of amides is 1. The van der Waals surface area contributed by atoms with Gasteiger partial charge in [0.2, 0.25) is 0 Å².